The van der Waals surface area contributed by atoms with Crippen LogP contribution in [0.2, 0.25) is 0 Å². The Labute approximate surface area is 163 Å². The van der Waals surface area contributed by atoms with Crippen LogP contribution in [0.3, 0.4) is 0 Å². The van der Waals surface area contributed by atoms with Gasteiger partial charge in [0, 0.05) is 19.5 Å². The summed E-state index contributed by atoms with van der Waals surface area (Å²) in [5.74, 6) is -1.39. The number of rotatable bonds is 5. The number of Topliss-reactive ketones (excluding diaryl/α,β-unsaturated/α-hetero) is 1. The van der Waals surface area contributed by atoms with Gasteiger partial charge in [0.2, 0.25) is 0 Å². The lowest BCUT2D eigenvalue weighted by Crippen LogP contribution is -2.50. The monoisotopic (exact) mass is 394 g/mol. The van der Waals surface area contributed by atoms with Crippen molar-refractivity contribution in [3.8, 4) is 0 Å². The summed E-state index contributed by atoms with van der Waals surface area (Å²) < 4.78 is 15.4. The Bertz CT molecular complexity index is 733. The lowest BCUT2D eigenvalue weighted by Gasteiger charge is -2.30. The maximum Gasteiger partial charge on any atom is 0.411 e. The van der Waals surface area contributed by atoms with Crippen LogP contribution in [0.25, 0.3) is 0 Å². The summed E-state index contributed by atoms with van der Waals surface area (Å²) in [5, 5.41) is 0. The molecule has 2 aliphatic heterocycles. The van der Waals surface area contributed by atoms with Crippen LogP contribution in [-0.4, -0.2) is 65.8 Å². The van der Waals surface area contributed by atoms with Gasteiger partial charge in [0.15, 0.2) is 5.78 Å². The van der Waals surface area contributed by atoms with Crippen LogP contribution in [0, 0.1) is 0 Å². The molecule has 2 heterocycles. The second-order valence-electron chi connectivity index (χ2n) is 7.72. The van der Waals surface area contributed by atoms with E-state index in [4.69, 9.17) is 14.2 Å². The number of amides is 1. The van der Waals surface area contributed by atoms with Gasteiger partial charge in [-0.25, -0.2) is 14.4 Å². The fourth-order valence-electron chi connectivity index (χ4n) is 3.02. The third kappa shape index (κ3) is 5.17. The molecule has 2 rings (SSSR count). The number of hydrogen-bond acceptors (Lipinski definition) is 8. The van der Waals surface area contributed by atoms with Gasteiger partial charge in [-0.1, -0.05) is 0 Å². The van der Waals surface area contributed by atoms with E-state index in [1.165, 1.54) is 20.2 Å². The third-order valence-corrected chi connectivity index (χ3v) is 4.34. The van der Waals surface area contributed by atoms with Crippen LogP contribution in [0.4, 0.5) is 4.79 Å². The number of methoxy groups -OCH3 is 1. The van der Waals surface area contributed by atoms with Gasteiger partial charge in [-0.3, -0.25) is 14.7 Å². The highest BCUT2D eigenvalue weighted by Gasteiger charge is 2.47. The van der Waals surface area contributed by atoms with Crippen molar-refractivity contribution in [3.05, 3.63) is 11.8 Å². The molecule has 28 heavy (non-hydrogen) atoms. The molecule has 2 atom stereocenters. The SMILES string of the molecule is COC(=O)[C@@H]1CC[C@@H](C(=O)OCC2=CN=C(C(C)=O)C2)N1C(=O)OC(C)(C)C. The smallest absolute Gasteiger partial charge is 0.411 e. The van der Waals surface area contributed by atoms with Gasteiger partial charge in [-0.15, -0.1) is 0 Å². The van der Waals surface area contributed by atoms with E-state index in [9.17, 15) is 19.2 Å². The molecule has 0 aliphatic carbocycles. The first-order valence-corrected chi connectivity index (χ1v) is 9.04. The lowest BCUT2D eigenvalue weighted by molar-refractivity contribution is -0.151. The molecular weight excluding hydrogens is 368 g/mol. The Morgan fingerprint density at radius 1 is 1.14 bits per heavy atom. The van der Waals surface area contributed by atoms with Gasteiger partial charge in [-0.2, -0.15) is 0 Å². The number of esters is 2. The van der Waals surface area contributed by atoms with Gasteiger partial charge in [0.25, 0.3) is 0 Å². The summed E-state index contributed by atoms with van der Waals surface area (Å²) in [6.45, 7) is 6.47. The van der Waals surface area contributed by atoms with E-state index in [-0.39, 0.29) is 25.2 Å². The van der Waals surface area contributed by atoms with Crippen molar-refractivity contribution in [2.24, 2.45) is 4.99 Å². The fraction of sp³-hybridized carbons (Fsp3) is 0.632. The molecule has 0 radical (unpaired) electrons. The van der Waals surface area contributed by atoms with E-state index in [0.29, 0.717) is 17.7 Å². The number of nitrogens with zero attached hydrogens (tertiary/aromatic N) is 2. The average Bonchev–Trinajstić information content (AvgIpc) is 3.24. The molecule has 1 amide bonds. The zero-order chi connectivity index (χ0) is 21.1. The van der Waals surface area contributed by atoms with Crippen LogP contribution in [-0.2, 0) is 28.6 Å². The predicted octanol–water partition coefficient (Wildman–Crippen LogP) is 1.79. The summed E-state index contributed by atoms with van der Waals surface area (Å²) in [6.07, 6.45) is 1.58. The Morgan fingerprint density at radius 3 is 2.25 bits per heavy atom. The first-order chi connectivity index (χ1) is 13.0. The van der Waals surface area contributed by atoms with E-state index in [1.807, 2.05) is 0 Å². The van der Waals surface area contributed by atoms with Gasteiger partial charge in [-0.05, 0) is 39.2 Å². The molecule has 0 aromatic rings. The summed E-state index contributed by atoms with van der Waals surface area (Å²) in [4.78, 5) is 53.7. The van der Waals surface area contributed by atoms with E-state index < -0.39 is 35.7 Å². The van der Waals surface area contributed by atoms with Crippen molar-refractivity contribution in [2.45, 2.75) is 64.6 Å². The van der Waals surface area contributed by atoms with Crippen molar-refractivity contribution >= 4 is 29.5 Å². The van der Waals surface area contributed by atoms with E-state index in [1.54, 1.807) is 20.8 Å². The largest absolute Gasteiger partial charge is 0.467 e. The van der Waals surface area contributed by atoms with Crippen molar-refractivity contribution in [1.82, 2.24) is 4.90 Å². The minimum absolute atomic E-state index is 0.0410. The van der Waals surface area contributed by atoms with Gasteiger partial charge in [0.05, 0.1) is 12.8 Å². The number of likely N-dealkylation sites (tertiary alicyclic amines) is 1. The molecule has 154 valence electrons. The molecule has 0 bridgehead atoms. The molecule has 0 unspecified atom stereocenters. The predicted molar refractivity (Wildman–Crippen MR) is 98.7 cm³/mol. The van der Waals surface area contributed by atoms with Crippen LogP contribution in [0.15, 0.2) is 16.8 Å². The Balaban J connectivity index is 2.05. The van der Waals surface area contributed by atoms with Crippen LogP contribution in [0.1, 0.15) is 47.0 Å². The molecule has 2 aliphatic rings. The summed E-state index contributed by atoms with van der Waals surface area (Å²) >= 11 is 0. The molecule has 0 aromatic carbocycles. The number of ether oxygens (including phenoxy) is 3. The van der Waals surface area contributed by atoms with Crippen LogP contribution in [0.5, 0.6) is 0 Å². The molecule has 0 aromatic heterocycles. The summed E-state index contributed by atoms with van der Waals surface area (Å²) in [6, 6.07) is -1.86. The Kier molecular flexibility index (Phi) is 6.58. The van der Waals surface area contributed by atoms with Crippen molar-refractivity contribution in [1.29, 1.82) is 0 Å². The number of hydrogen-bond donors (Lipinski definition) is 0. The van der Waals surface area contributed by atoms with Gasteiger partial charge >= 0.3 is 18.0 Å². The number of carbonyl (C=O) groups is 4. The van der Waals surface area contributed by atoms with E-state index >= 15 is 0 Å². The first-order valence-electron chi connectivity index (χ1n) is 9.04. The van der Waals surface area contributed by atoms with Gasteiger partial charge in [0.1, 0.15) is 24.3 Å². The molecule has 1 fully saturated rings. The molecule has 0 N–H and O–H groups in total. The number of aliphatic imine (C=N–C) groups is 1. The fourth-order valence-corrected chi connectivity index (χ4v) is 3.02. The number of ketones is 1. The molecule has 9 heteroatoms. The quantitative estimate of drug-likeness (QED) is 0.516. The highest BCUT2D eigenvalue weighted by atomic mass is 16.6. The molecule has 0 spiro atoms. The maximum absolute atomic E-state index is 12.6. The zero-order valence-corrected chi connectivity index (χ0v) is 16.8. The van der Waals surface area contributed by atoms with Crippen LogP contribution >= 0.6 is 0 Å². The highest BCUT2D eigenvalue weighted by molar-refractivity contribution is 6.40. The van der Waals surface area contributed by atoms with Crippen LogP contribution < -0.4 is 0 Å². The van der Waals surface area contributed by atoms with Crippen molar-refractivity contribution < 1.29 is 33.4 Å². The molecular formula is C19H26N2O7. The summed E-state index contributed by atoms with van der Waals surface area (Å²) in [7, 11) is 1.22. The van der Waals surface area contributed by atoms with E-state index in [2.05, 4.69) is 4.99 Å². The van der Waals surface area contributed by atoms with Gasteiger partial charge < -0.3 is 14.2 Å². The lowest BCUT2D eigenvalue weighted by atomic mass is 10.1. The molecule has 1 saturated heterocycles. The standard InChI is InChI=1S/C19H26N2O7/c1-11(22)13-8-12(9-20-13)10-27-17(24)15-7-6-14(16(23)26-5)21(15)18(25)28-19(2,3)4/h9,14-15H,6-8,10H2,1-5H3/t14-,15-/m0/s1. The zero-order valence-electron chi connectivity index (χ0n) is 16.8. The third-order valence-electron chi connectivity index (χ3n) is 4.34. The topological polar surface area (TPSA) is 112 Å². The van der Waals surface area contributed by atoms with E-state index in [0.717, 1.165) is 4.90 Å². The second kappa shape index (κ2) is 8.53. The minimum Gasteiger partial charge on any atom is -0.467 e. The Morgan fingerprint density at radius 2 is 1.75 bits per heavy atom. The minimum atomic E-state index is -0.950. The second-order valence-corrected chi connectivity index (χ2v) is 7.72. The summed E-state index contributed by atoms with van der Waals surface area (Å²) in [5.41, 5.74) is 0.307. The first kappa shape index (κ1) is 21.6. The molecule has 9 nitrogen and oxygen atoms in total. The number of carbonyl (C=O) groups excluding carboxylic acids is 4. The highest BCUT2D eigenvalue weighted by Crippen LogP contribution is 2.28. The molecule has 0 saturated carbocycles. The Hall–Kier alpha value is -2.71. The normalized spacial score (nSPS) is 21.7. The van der Waals surface area contributed by atoms with Crippen molar-refractivity contribution in [2.75, 3.05) is 13.7 Å². The van der Waals surface area contributed by atoms with Crippen molar-refractivity contribution in [3.63, 3.8) is 0 Å². The average molecular weight is 394 g/mol. The maximum atomic E-state index is 12.6.